The minimum Gasteiger partial charge on any atom is -0.226 e. The Balaban J connectivity index is 1.33. The molecule has 0 saturated heterocycles. The van der Waals surface area contributed by atoms with E-state index in [1.54, 1.807) is 77.9 Å². The molecule has 0 radical (unpaired) electrons. The van der Waals surface area contributed by atoms with Gasteiger partial charge in [-0.25, -0.2) is 10.0 Å². The number of benzene rings is 2. The highest BCUT2D eigenvalue weighted by molar-refractivity contribution is 8.33. The number of hydrogen-bond donors (Lipinski definition) is 0. The van der Waals surface area contributed by atoms with Crippen LogP contribution in [-0.4, -0.2) is 12.5 Å². The first-order chi connectivity index (χ1) is 19.4. The zero-order valence-electron chi connectivity index (χ0n) is 27.2. The molecule has 0 amide bonds. The van der Waals surface area contributed by atoms with Crippen LogP contribution in [0, 0.1) is 10.8 Å². The molecule has 0 nitrogen and oxygen atoms in total. The van der Waals surface area contributed by atoms with E-state index < -0.39 is 10.0 Å². The Morgan fingerprint density at radius 3 is 1.24 bits per heavy atom. The highest BCUT2D eigenvalue weighted by atomic mass is 32.3. The Kier molecular flexibility index (Phi) is 5.69. The van der Waals surface area contributed by atoms with Crippen molar-refractivity contribution < 1.29 is 0 Å². The van der Waals surface area contributed by atoms with Gasteiger partial charge in [-0.1, -0.05) is 51.0 Å². The molecule has 41 heavy (non-hydrogen) atoms. The predicted octanol–water partition coefficient (Wildman–Crippen LogP) is 10.4. The molecule has 0 N–H and O–H groups in total. The lowest BCUT2D eigenvalue weighted by Gasteiger charge is -2.47. The normalized spacial score (nSPS) is 26.9. The van der Waals surface area contributed by atoms with Gasteiger partial charge in [-0.15, -0.1) is 0 Å². The minimum absolute atomic E-state index is 0.393. The van der Waals surface area contributed by atoms with Gasteiger partial charge in [-0.3, -0.25) is 0 Å². The Morgan fingerprint density at radius 2 is 0.854 bits per heavy atom. The maximum Gasteiger partial charge on any atom is 0.0364 e. The molecule has 218 valence electrons. The average Bonchev–Trinajstić information content (AvgIpc) is 3.63. The number of hydrogen-bond acceptors (Lipinski definition) is 0. The van der Waals surface area contributed by atoms with Gasteiger partial charge in [0.15, 0.2) is 0 Å². The average molecular weight is 565 g/mol. The van der Waals surface area contributed by atoms with Crippen molar-refractivity contribution in [2.75, 3.05) is 12.5 Å². The summed E-state index contributed by atoms with van der Waals surface area (Å²) in [7, 11) is -1.07. The summed E-state index contributed by atoms with van der Waals surface area (Å²) in [6.07, 6.45) is 26.8. The van der Waals surface area contributed by atoms with Crippen LogP contribution in [0.15, 0.2) is 11.1 Å². The van der Waals surface area contributed by atoms with E-state index in [9.17, 15) is 0 Å². The van der Waals surface area contributed by atoms with Gasteiger partial charge >= 0.3 is 0 Å². The molecule has 8 rings (SSSR count). The Morgan fingerprint density at radius 1 is 0.512 bits per heavy atom. The molecule has 0 saturated carbocycles. The zero-order chi connectivity index (χ0) is 28.6. The molecular formula is C40H52S. The van der Waals surface area contributed by atoms with E-state index in [1.807, 2.05) is 0 Å². The molecule has 1 heteroatoms. The van der Waals surface area contributed by atoms with Gasteiger partial charge in [-0.2, -0.15) is 0 Å². The molecule has 6 aliphatic rings. The van der Waals surface area contributed by atoms with Gasteiger partial charge in [-0.05, 0) is 181 Å². The fourth-order valence-electron chi connectivity index (χ4n) is 11.0. The zero-order valence-corrected chi connectivity index (χ0v) is 28.0. The maximum absolute atomic E-state index is 2.75. The second kappa shape index (κ2) is 8.68. The van der Waals surface area contributed by atoms with Crippen molar-refractivity contribution >= 4 is 22.2 Å². The highest BCUT2D eigenvalue weighted by Crippen LogP contribution is 2.74. The molecule has 0 heterocycles. The summed E-state index contributed by atoms with van der Waals surface area (Å²) in [5.41, 5.74) is 25.4. The third kappa shape index (κ3) is 3.72. The van der Waals surface area contributed by atoms with Crippen molar-refractivity contribution in [1.29, 1.82) is 0 Å². The molecule has 2 aromatic carbocycles. The molecule has 2 aromatic rings. The van der Waals surface area contributed by atoms with E-state index >= 15 is 0 Å². The lowest BCUT2D eigenvalue weighted by molar-refractivity contribution is 0.391. The summed E-state index contributed by atoms with van der Waals surface area (Å²) < 4.78 is 0. The van der Waals surface area contributed by atoms with Gasteiger partial charge < -0.3 is 0 Å². The Hall–Kier alpha value is -1.73. The molecule has 0 aromatic heterocycles. The summed E-state index contributed by atoms with van der Waals surface area (Å²) in [5, 5.41) is 1.18. The van der Waals surface area contributed by atoms with Crippen LogP contribution >= 0.6 is 10.0 Å². The largest absolute Gasteiger partial charge is 0.226 e. The fourth-order valence-corrected chi connectivity index (χ4v) is 15.1. The summed E-state index contributed by atoms with van der Waals surface area (Å²) >= 11 is 0. The van der Waals surface area contributed by atoms with Gasteiger partial charge in [0.25, 0.3) is 0 Å². The summed E-state index contributed by atoms with van der Waals surface area (Å²) in [4.78, 5) is 0. The molecule has 0 spiro atoms. The van der Waals surface area contributed by atoms with Crippen LogP contribution in [0.4, 0.5) is 0 Å². The first kappa shape index (κ1) is 26.9. The topological polar surface area (TPSA) is 0 Å². The molecule has 0 aliphatic heterocycles. The van der Waals surface area contributed by atoms with Gasteiger partial charge in [0.2, 0.25) is 0 Å². The Labute approximate surface area is 251 Å². The predicted molar refractivity (Wildman–Crippen MR) is 181 cm³/mol. The first-order valence-corrected chi connectivity index (χ1v) is 19.4. The van der Waals surface area contributed by atoms with Gasteiger partial charge in [0, 0.05) is 10.5 Å². The fraction of sp³-hybridized carbons (Fsp3) is 0.600. The van der Waals surface area contributed by atoms with Crippen molar-refractivity contribution in [3.05, 3.63) is 77.9 Å². The van der Waals surface area contributed by atoms with Crippen molar-refractivity contribution in [2.45, 2.75) is 129 Å². The summed E-state index contributed by atoms with van der Waals surface area (Å²) in [6, 6.07) is 0. The van der Waals surface area contributed by atoms with E-state index in [0.717, 1.165) is 0 Å². The van der Waals surface area contributed by atoms with Crippen molar-refractivity contribution in [2.24, 2.45) is 10.8 Å². The molecular weight excluding hydrogens is 513 g/mol. The standard InChI is InChI=1S/C40H52S/c1-23-17-29-25-13-9-11-15-27(25)31-19-39(3,4)21-33(31)35(29)37(23)41(7,8)38-24(2)18-30-26-14-10-12-16-28(26)32-20-40(5,6)22-34(32)36(30)38/h17-18,37-38H,9-16,19-22H2,1-8H3. The number of fused-ring (bicyclic) bond motifs is 12. The molecule has 2 unspecified atom stereocenters. The van der Waals surface area contributed by atoms with Crippen molar-refractivity contribution in [3.8, 4) is 0 Å². The van der Waals surface area contributed by atoms with Crippen LogP contribution in [0.1, 0.15) is 144 Å². The van der Waals surface area contributed by atoms with Crippen LogP contribution in [0.5, 0.6) is 0 Å². The SMILES string of the molecule is CC1=Cc2c3c(c4c(c2C1S(C)(C)C1C(C)=Cc2c5c(c6c(c21)CC(C)(C)C6)CCCC5)CC(C)(C)C4)CCCC3. The van der Waals surface area contributed by atoms with E-state index in [2.05, 4.69) is 66.2 Å². The maximum atomic E-state index is 2.75. The monoisotopic (exact) mass is 564 g/mol. The Bertz CT molecular complexity index is 1470. The summed E-state index contributed by atoms with van der Waals surface area (Å²) in [6.45, 7) is 15.2. The van der Waals surface area contributed by atoms with Crippen molar-refractivity contribution in [3.63, 3.8) is 0 Å². The minimum atomic E-state index is -1.07. The molecule has 0 bridgehead atoms. The van der Waals surface area contributed by atoms with Crippen molar-refractivity contribution in [1.82, 2.24) is 0 Å². The lowest BCUT2D eigenvalue weighted by Crippen LogP contribution is -2.21. The van der Waals surface area contributed by atoms with Crippen LogP contribution < -0.4 is 0 Å². The third-order valence-electron chi connectivity index (χ3n) is 12.2. The lowest BCUT2D eigenvalue weighted by atomic mass is 9.81. The summed E-state index contributed by atoms with van der Waals surface area (Å²) in [5.74, 6) is 0. The first-order valence-electron chi connectivity index (χ1n) is 16.8. The van der Waals surface area contributed by atoms with Crippen LogP contribution in [0.3, 0.4) is 0 Å². The number of rotatable bonds is 2. The van der Waals surface area contributed by atoms with E-state index in [1.165, 1.54) is 77.0 Å². The molecule has 6 aliphatic carbocycles. The van der Waals surface area contributed by atoms with E-state index in [4.69, 9.17) is 0 Å². The highest BCUT2D eigenvalue weighted by Gasteiger charge is 2.48. The third-order valence-corrected chi connectivity index (χ3v) is 15.9. The molecule has 2 atom stereocenters. The van der Waals surface area contributed by atoms with Crippen LogP contribution in [0.2, 0.25) is 0 Å². The quantitative estimate of drug-likeness (QED) is 0.340. The smallest absolute Gasteiger partial charge is 0.0364 e. The second-order valence-electron chi connectivity index (χ2n) is 17.0. The van der Waals surface area contributed by atoms with Crippen LogP contribution in [0.25, 0.3) is 12.2 Å². The second-order valence-corrected chi connectivity index (χ2v) is 20.9. The van der Waals surface area contributed by atoms with Gasteiger partial charge in [0.05, 0.1) is 0 Å². The molecule has 0 fully saturated rings. The van der Waals surface area contributed by atoms with E-state index in [-0.39, 0.29) is 0 Å². The van der Waals surface area contributed by atoms with Crippen LogP contribution in [-0.2, 0) is 51.4 Å². The van der Waals surface area contributed by atoms with E-state index in [0.29, 0.717) is 21.3 Å². The van der Waals surface area contributed by atoms with Gasteiger partial charge in [0.1, 0.15) is 0 Å².